The van der Waals surface area contributed by atoms with Crippen LogP contribution in [-0.4, -0.2) is 48.0 Å². The number of ketones is 2. The van der Waals surface area contributed by atoms with Crippen LogP contribution in [0.15, 0.2) is 88.3 Å². The average molecular weight is 1010 g/mol. The van der Waals surface area contributed by atoms with E-state index in [4.69, 9.17) is 139 Å². The predicted octanol–water partition coefficient (Wildman–Crippen LogP) is 12.6. The third kappa shape index (κ3) is 9.71. The number of aromatic nitrogens is 6. The van der Waals surface area contributed by atoms with Gasteiger partial charge in [-0.2, -0.15) is 0 Å². The average Bonchev–Trinajstić information content (AvgIpc) is 3.51. The maximum atomic E-state index is 14.6. The number of benzene rings is 3. The molecule has 0 atom stereocenters. The minimum atomic E-state index is -2.08. The van der Waals surface area contributed by atoms with Gasteiger partial charge in [0, 0.05) is 33.7 Å². The first-order chi connectivity index (χ1) is 26.1. The number of hydrogen-bond donors (Lipinski definition) is 0. The van der Waals surface area contributed by atoms with Crippen LogP contribution >= 0.6 is 151 Å². The van der Waals surface area contributed by atoms with E-state index in [1.54, 1.807) is 0 Å². The molecule has 56 heavy (non-hydrogen) atoms. The highest BCUT2D eigenvalue weighted by molar-refractivity contribution is 8.03. The molecule has 6 rings (SSSR count). The lowest BCUT2D eigenvalue weighted by atomic mass is 9.95. The number of para-hydroxylation sites is 1. The number of allylic oxidation sites excluding steroid dienone is 1. The molecule has 290 valence electrons. The van der Waals surface area contributed by atoms with Crippen molar-refractivity contribution >= 4 is 168 Å². The number of alkyl halides is 12. The van der Waals surface area contributed by atoms with Crippen LogP contribution in [0.5, 0.6) is 0 Å². The lowest BCUT2D eigenvalue weighted by molar-refractivity contribution is 0.0961. The lowest BCUT2D eigenvalue weighted by Gasteiger charge is -2.21. The first kappa shape index (κ1) is 44.0. The van der Waals surface area contributed by atoms with E-state index in [1.807, 2.05) is 36.1 Å². The monoisotopic (exact) mass is 1010 g/mol. The number of carbonyl (C=O) groups excluding carboxylic acids is 2. The van der Waals surface area contributed by atoms with E-state index in [0.717, 1.165) is 10.6 Å². The normalized spacial score (nSPS) is 13.5. The van der Waals surface area contributed by atoms with Crippen molar-refractivity contribution in [3.05, 3.63) is 118 Å². The van der Waals surface area contributed by atoms with Gasteiger partial charge in [-0.15, -0.1) is 0 Å². The van der Waals surface area contributed by atoms with Gasteiger partial charge in [0.1, 0.15) is 5.57 Å². The van der Waals surface area contributed by atoms with Crippen molar-refractivity contribution in [1.82, 2.24) is 29.9 Å². The number of hydrogen-bond acceptors (Lipinski definition) is 10. The number of nitrogens with zero attached hydrogens (tertiary/aromatic N) is 7. The number of Topliss-reactive ketones (excluding diaryl/α,β-unsaturated/α-hetero) is 2. The molecule has 0 amide bonds. The van der Waals surface area contributed by atoms with E-state index in [1.165, 1.54) is 60.3 Å². The van der Waals surface area contributed by atoms with Gasteiger partial charge in [0.25, 0.3) is 0 Å². The van der Waals surface area contributed by atoms with Crippen LogP contribution in [0.3, 0.4) is 0 Å². The molecular weight excluding hydrogens is 996 g/mol. The van der Waals surface area contributed by atoms with E-state index in [0.29, 0.717) is 22.7 Å². The summed E-state index contributed by atoms with van der Waals surface area (Å²) in [5.41, 5.74) is 1.79. The fourth-order valence-electron chi connectivity index (χ4n) is 5.18. The summed E-state index contributed by atoms with van der Waals surface area (Å²) in [5.74, 6) is -2.31. The molecule has 0 unspecified atom stereocenters. The standard InChI is InChI=1S/C34H17Cl12N7O2S/c1-2-53-19-5-3-4-6-20(19)56-26(53)21(22(54)15-7-11-17(12-8-15)24-47-27(31(35,36)37)51-28(48-24)32(38,39)40)23(55)16-9-13-18(14-10-16)25-49-29(33(41,42)43)52-30(50-25)34(44,45)46/h3-14H,2H2,1H3. The minimum absolute atomic E-state index is 0.00423. The zero-order chi connectivity index (χ0) is 41.0. The summed E-state index contributed by atoms with van der Waals surface area (Å²) in [6, 6.07) is 19.7. The van der Waals surface area contributed by atoms with Crippen LogP contribution in [0.25, 0.3) is 22.8 Å². The Hall–Kier alpha value is -1.61. The van der Waals surface area contributed by atoms with Crippen LogP contribution < -0.4 is 4.90 Å². The Morgan fingerprint density at radius 3 is 1.23 bits per heavy atom. The molecule has 5 aromatic rings. The summed E-state index contributed by atoms with van der Waals surface area (Å²) in [7, 11) is 0. The molecule has 0 aliphatic carbocycles. The smallest absolute Gasteiger partial charge is 0.250 e. The molecule has 9 nitrogen and oxygen atoms in total. The van der Waals surface area contributed by atoms with E-state index < -0.39 is 26.7 Å². The molecule has 1 aliphatic heterocycles. The van der Waals surface area contributed by atoms with E-state index in [2.05, 4.69) is 29.9 Å². The third-order valence-corrected chi connectivity index (χ3v) is 10.9. The number of thioether (sulfide) groups is 1. The Bertz CT molecular complexity index is 2180. The van der Waals surface area contributed by atoms with Crippen LogP contribution in [0.2, 0.25) is 0 Å². The maximum absolute atomic E-state index is 14.6. The fourth-order valence-corrected chi connectivity index (χ4v) is 7.46. The van der Waals surface area contributed by atoms with Crippen molar-refractivity contribution in [2.24, 2.45) is 0 Å². The molecule has 3 heterocycles. The number of fused-ring (bicyclic) bond motifs is 1. The highest BCUT2D eigenvalue weighted by Gasteiger charge is 2.37. The van der Waals surface area contributed by atoms with Gasteiger partial charge in [-0.25, -0.2) is 29.9 Å². The molecule has 2 aromatic heterocycles. The Kier molecular flexibility index (Phi) is 13.2. The van der Waals surface area contributed by atoms with Gasteiger partial charge >= 0.3 is 0 Å². The van der Waals surface area contributed by atoms with Gasteiger partial charge < -0.3 is 4.90 Å². The zero-order valence-electron chi connectivity index (χ0n) is 27.5. The molecule has 0 fully saturated rings. The van der Waals surface area contributed by atoms with Crippen molar-refractivity contribution in [1.29, 1.82) is 0 Å². The van der Waals surface area contributed by atoms with Crippen LogP contribution in [-0.2, 0) is 15.2 Å². The van der Waals surface area contributed by atoms with Crippen molar-refractivity contribution < 1.29 is 9.59 Å². The first-order valence-electron chi connectivity index (χ1n) is 15.5. The highest BCUT2D eigenvalue weighted by atomic mass is 35.6. The van der Waals surface area contributed by atoms with Crippen LogP contribution in [0.1, 0.15) is 50.9 Å². The number of anilines is 1. The largest absolute Gasteiger partial charge is 0.335 e. The molecule has 1 aliphatic rings. The third-order valence-electron chi connectivity index (χ3n) is 7.69. The first-order valence-corrected chi connectivity index (χ1v) is 20.8. The van der Waals surface area contributed by atoms with Gasteiger partial charge in [-0.05, 0) is 19.1 Å². The van der Waals surface area contributed by atoms with E-state index in [9.17, 15) is 9.59 Å². The van der Waals surface area contributed by atoms with Crippen molar-refractivity contribution in [3.8, 4) is 22.8 Å². The maximum Gasteiger partial charge on any atom is 0.250 e. The Morgan fingerprint density at radius 1 is 0.536 bits per heavy atom. The molecule has 0 radical (unpaired) electrons. The van der Waals surface area contributed by atoms with Crippen LogP contribution in [0, 0.1) is 0 Å². The molecule has 0 N–H and O–H groups in total. The molecule has 0 spiro atoms. The van der Waals surface area contributed by atoms with Gasteiger partial charge in [0.2, 0.25) is 15.2 Å². The highest BCUT2D eigenvalue weighted by Crippen LogP contribution is 2.48. The van der Waals surface area contributed by atoms with Gasteiger partial charge in [0.05, 0.1) is 10.7 Å². The van der Waals surface area contributed by atoms with Crippen molar-refractivity contribution in [2.75, 3.05) is 11.4 Å². The summed E-state index contributed by atoms with van der Waals surface area (Å²) in [5, 5.41) is 0.436. The summed E-state index contributed by atoms with van der Waals surface area (Å²) < 4.78 is -8.31. The Balaban J connectivity index is 1.42. The summed E-state index contributed by atoms with van der Waals surface area (Å²) in [4.78, 5) is 56.8. The zero-order valence-corrected chi connectivity index (χ0v) is 37.4. The van der Waals surface area contributed by atoms with Crippen molar-refractivity contribution in [2.45, 2.75) is 27.0 Å². The second-order valence-corrected chi connectivity index (χ2v) is 21.6. The number of halogens is 12. The number of rotatable bonds is 7. The van der Waals surface area contributed by atoms with Crippen LogP contribution in [0.4, 0.5) is 5.69 Å². The quantitative estimate of drug-likeness (QED) is 0.0513. The van der Waals surface area contributed by atoms with Gasteiger partial charge in [0.15, 0.2) is 46.5 Å². The van der Waals surface area contributed by atoms with Gasteiger partial charge in [-0.1, -0.05) is 212 Å². The van der Waals surface area contributed by atoms with Gasteiger partial charge in [-0.3, -0.25) is 9.59 Å². The Labute approximate surface area is 383 Å². The van der Waals surface area contributed by atoms with E-state index >= 15 is 0 Å². The van der Waals surface area contributed by atoms with E-state index in [-0.39, 0.29) is 51.6 Å². The molecule has 0 saturated heterocycles. The fraction of sp³-hybridized carbons (Fsp3) is 0.176. The summed E-state index contributed by atoms with van der Waals surface area (Å²) >= 11 is 73.9. The summed E-state index contributed by atoms with van der Waals surface area (Å²) in [6.07, 6.45) is 0. The second kappa shape index (κ2) is 16.8. The molecule has 0 bridgehead atoms. The van der Waals surface area contributed by atoms with Crippen molar-refractivity contribution in [3.63, 3.8) is 0 Å². The summed E-state index contributed by atoms with van der Waals surface area (Å²) in [6.45, 7) is 2.37. The predicted molar refractivity (Wildman–Crippen MR) is 228 cm³/mol. The minimum Gasteiger partial charge on any atom is -0.335 e. The molecule has 3 aromatic carbocycles. The molecule has 0 saturated carbocycles. The lowest BCUT2D eigenvalue weighted by Crippen LogP contribution is -2.24. The second-order valence-electron chi connectivity index (χ2n) is 11.4. The molecule has 22 heteroatoms. The Morgan fingerprint density at radius 2 is 0.893 bits per heavy atom. The molecular formula is C34H17Cl12N7O2S. The number of carbonyl (C=O) groups is 2. The topological polar surface area (TPSA) is 115 Å². The SMILES string of the molecule is CCN1C(=C(C(=O)c2ccc(-c3nc(C(Cl)(Cl)Cl)nc(C(Cl)(Cl)Cl)n3)cc2)C(=O)c2ccc(-c3nc(C(Cl)(Cl)Cl)nc(C(Cl)(Cl)Cl)n3)cc2)Sc2ccccc21.